The number of rotatable bonds is 3. The zero-order valence-corrected chi connectivity index (χ0v) is 11.1. The van der Waals surface area contributed by atoms with Crippen LogP contribution in [0.4, 0.5) is 0 Å². The molecule has 0 bridgehead atoms. The molecule has 0 unspecified atom stereocenters. The SMILES string of the molecule is Cn1cc(CN2CCCC2)c2c(C(=O)O)cccc21. The summed E-state index contributed by atoms with van der Waals surface area (Å²) >= 11 is 0. The summed E-state index contributed by atoms with van der Waals surface area (Å²) in [6.07, 6.45) is 4.56. The molecule has 19 heavy (non-hydrogen) atoms. The van der Waals surface area contributed by atoms with E-state index in [0.717, 1.165) is 36.1 Å². The number of aromatic carboxylic acids is 1. The molecule has 4 heteroatoms. The van der Waals surface area contributed by atoms with E-state index in [1.165, 1.54) is 12.8 Å². The highest BCUT2D eigenvalue weighted by molar-refractivity contribution is 6.04. The number of nitrogens with zero attached hydrogens (tertiary/aromatic N) is 2. The molecule has 100 valence electrons. The van der Waals surface area contributed by atoms with Crippen LogP contribution in [0.1, 0.15) is 28.8 Å². The molecule has 0 atom stereocenters. The van der Waals surface area contributed by atoms with Gasteiger partial charge in [-0.15, -0.1) is 0 Å². The van der Waals surface area contributed by atoms with Crippen molar-refractivity contribution < 1.29 is 9.90 Å². The lowest BCUT2D eigenvalue weighted by atomic mass is 10.1. The molecule has 1 aliphatic heterocycles. The van der Waals surface area contributed by atoms with E-state index in [-0.39, 0.29) is 0 Å². The number of hydrogen-bond acceptors (Lipinski definition) is 2. The van der Waals surface area contributed by atoms with Crippen molar-refractivity contribution in [3.05, 3.63) is 35.5 Å². The van der Waals surface area contributed by atoms with E-state index in [4.69, 9.17) is 0 Å². The number of carboxylic acids is 1. The Morgan fingerprint density at radius 3 is 2.74 bits per heavy atom. The topological polar surface area (TPSA) is 45.5 Å². The molecule has 1 aromatic heterocycles. The van der Waals surface area contributed by atoms with Crippen LogP contribution in [0.3, 0.4) is 0 Å². The van der Waals surface area contributed by atoms with Crippen molar-refractivity contribution in [1.82, 2.24) is 9.47 Å². The fourth-order valence-electron chi connectivity index (χ4n) is 3.02. The van der Waals surface area contributed by atoms with E-state index in [1.54, 1.807) is 6.07 Å². The number of carboxylic acid groups (broad SMARTS) is 1. The van der Waals surface area contributed by atoms with Gasteiger partial charge in [-0.25, -0.2) is 4.79 Å². The molecule has 0 amide bonds. The Balaban J connectivity index is 2.10. The molecule has 2 heterocycles. The number of likely N-dealkylation sites (tertiary alicyclic amines) is 1. The zero-order chi connectivity index (χ0) is 13.4. The minimum Gasteiger partial charge on any atom is -0.478 e. The van der Waals surface area contributed by atoms with Crippen molar-refractivity contribution in [3.8, 4) is 0 Å². The van der Waals surface area contributed by atoms with Crippen LogP contribution in [0.25, 0.3) is 10.9 Å². The van der Waals surface area contributed by atoms with Gasteiger partial charge < -0.3 is 9.67 Å². The summed E-state index contributed by atoms with van der Waals surface area (Å²) in [7, 11) is 1.97. The van der Waals surface area contributed by atoms with Gasteiger partial charge in [0, 0.05) is 30.7 Å². The Hall–Kier alpha value is -1.81. The molecule has 4 nitrogen and oxygen atoms in total. The fourth-order valence-corrected chi connectivity index (χ4v) is 3.02. The Kier molecular flexibility index (Phi) is 3.03. The van der Waals surface area contributed by atoms with E-state index in [0.29, 0.717) is 5.56 Å². The van der Waals surface area contributed by atoms with Gasteiger partial charge in [0.15, 0.2) is 0 Å². The van der Waals surface area contributed by atoms with Gasteiger partial charge in [-0.2, -0.15) is 0 Å². The Labute approximate surface area is 112 Å². The number of aryl methyl sites for hydroxylation is 1. The van der Waals surface area contributed by atoms with Gasteiger partial charge in [0.05, 0.1) is 5.56 Å². The predicted molar refractivity (Wildman–Crippen MR) is 74.4 cm³/mol. The first kappa shape index (κ1) is 12.2. The zero-order valence-electron chi connectivity index (χ0n) is 11.1. The molecule has 1 aliphatic rings. The highest BCUT2D eigenvalue weighted by atomic mass is 16.4. The molecular formula is C15H18N2O2. The average Bonchev–Trinajstić information content (AvgIpc) is 2.99. The molecule has 0 saturated carbocycles. The third-order valence-corrected chi connectivity index (χ3v) is 3.92. The van der Waals surface area contributed by atoms with E-state index >= 15 is 0 Å². The monoisotopic (exact) mass is 258 g/mol. The summed E-state index contributed by atoms with van der Waals surface area (Å²) in [4.78, 5) is 13.8. The van der Waals surface area contributed by atoms with E-state index in [1.807, 2.05) is 23.7 Å². The van der Waals surface area contributed by atoms with Gasteiger partial charge in [0.25, 0.3) is 0 Å². The van der Waals surface area contributed by atoms with Gasteiger partial charge >= 0.3 is 5.97 Å². The molecule has 0 spiro atoms. The maximum atomic E-state index is 11.4. The van der Waals surface area contributed by atoms with Gasteiger partial charge in [-0.3, -0.25) is 4.90 Å². The van der Waals surface area contributed by atoms with Crippen LogP contribution in [0.15, 0.2) is 24.4 Å². The molecule has 1 aromatic carbocycles. The quantitative estimate of drug-likeness (QED) is 0.920. The minimum absolute atomic E-state index is 0.410. The minimum atomic E-state index is -0.848. The molecule has 1 saturated heterocycles. The summed E-state index contributed by atoms with van der Waals surface area (Å²) in [6, 6.07) is 5.48. The number of hydrogen-bond donors (Lipinski definition) is 1. The number of carbonyl (C=O) groups is 1. The van der Waals surface area contributed by atoms with Crippen LogP contribution in [-0.2, 0) is 13.6 Å². The number of benzene rings is 1. The molecule has 1 N–H and O–H groups in total. The van der Waals surface area contributed by atoms with Crippen LogP contribution in [0.2, 0.25) is 0 Å². The summed E-state index contributed by atoms with van der Waals surface area (Å²) in [5.41, 5.74) is 2.53. The maximum Gasteiger partial charge on any atom is 0.336 e. The summed E-state index contributed by atoms with van der Waals surface area (Å²) in [5.74, 6) is -0.848. The summed E-state index contributed by atoms with van der Waals surface area (Å²) < 4.78 is 2.02. The van der Waals surface area contributed by atoms with Gasteiger partial charge in [-0.05, 0) is 43.6 Å². The second-order valence-corrected chi connectivity index (χ2v) is 5.25. The number of fused-ring (bicyclic) bond motifs is 1. The van der Waals surface area contributed by atoms with Crippen LogP contribution < -0.4 is 0 Å². The average molecular weight is 258 g/mol. The highest BCUT2D eigenvalue weighted by Gasteiger charge is 2.18. The maximum absolute atomic E-state index is 11.4. The van der Waals surface area contributed by atoms with Crippen LogP contribution in [0.5, 0.6) is 0 Å². The van der Waals surface area contributed by atoms with Gasteiger partial charge in [-0.1, -0.05) is 6.07 Å². The second-order valence-electron chi connectivity index (χ2n) is 5.25. The van der Waals surface area contributed by atoms with Gasteiger partial charge in [0.2, 0.25) is 0 Å². The molecule has 0 aliphatic carbocycles. The van der Waals surface area contributed by atoms with E-state index in [2.05, 4.69) is 11.1 Å². The highest BCUT2D eigenvalue weighted by Crippen LogP contribution is 2.26. The third-order valence-electron chi connectivity index (χ3n) is 3.92. The standard InChI is InChI=1S/C15H18N2O2/c1-16-9-11(10-17-7-2-3-8-17)14-12(15(18)19)5-4-6-13(14)16/h4-6,9H,2-3,7-8,10H2,1H3,(H,18,19). The normalized spacial score (nSPS) is 16.3. The van der Waals surface area contributed by atoms with Crippen molar-refractivity contribution >= 4 is 16.9 Å². The Morgan fingerprint density at radius 2 is 2.05 bits per heavy atom. The fraction of sp³-hybridized carbons (Fsp3) is 0.400. The van der Waals surface area contributed by atoms with Crippen molar-refractivity contribution in [2.24, 2.45) is 7.05 Å². The lowest BCUT2D eigenvalue weighted by Crippen LogP contribution is -2.18. The van der Waals surface area contributed by atoms with E-state index in [9.17, 15) is 9.90 Å². The second kappa shape index (κ2) is 4.70. The molecule has 2 aromatic rings. The first-order chi connectivity index (χ1) is 9.16. The molecule has 0 radical (unpaired) electrons. The Morgan fingerprint density at radius 1 is 1.32 bits per heavy atom. The van der Waals surface area contributed by atoms with Crippen molar-refractivity contribution in [1.29, 1.82) is 0 Å². The lowest BCUT2D eigenvalue weighted by molar-refractivity contribution is 0.0699. The molecular weight excluding hydrogens is 240 g/mol. The summed E-state index contributed by atoms with van der Waals surface area (Å²) in [5, 5.41) is 10.2. The first-order valence-electron chi connectivity index (χ1n) is 6.69. The smallest absolute Gasteiger partial charge is 0.336 e. The molecule has 3 rings (SSSR count). The Bertz CT molecular complexity index is 624. The lowest BCUT2D eigenvalue weighted by Gasteiger charge is -2.14. The largest absolute Gasteiger partial charge is 0.478 e. The predicted octanol–water partition coefficient (Wildman–Crippen LogP) is 2.47. The van der Waals surface area contributed by atoms with Crippen LogP contribution in [0, 0.1) is 0 Å². The van der Waals surface area contributed by atoms with E-state index < -0.39 is 5.97 Å². The third kappa shape index (κ3) is 2.12. The van der Waals surface area contributed by atoms with Crippen LogP contribution in [-0.4, -0.2) is 33.6 Å². The van der Waals surface area contributed by atoms with Crippen molar-refractivity contribution in [3.63, 3.8) is 0 Å². The summed E-state index contributed by atoms with van der Waals surface area (Å²) in [6.45, 7) is 3.08. The van der Waals surface area contributed by atoms with Gasteiger partial charge in [0.1, 0.15) is 0 Å². The molecule has 1 fully saturated rings. The van der Waals surface area contributed by atoms with Crippen molar-refractivity contribution in [2.75, 3.05) is 13.1 Å². The first-order valence-corrected chi connectivity index (χ1v) is 6.69. The number of aromatic nitrogens is 1. The van der Waals surface area contributed by atoms with Crippen LogP contribution >= 0.6 is 0 Å². The van der Waals surface area contributed by atoms with Crippen molar-refractivity contribution in [2.45, 2.75) is 19.4 Å².